The van der Waals surface area contributed by atoms with Gasteiger partial charge >= 0.3 is 0 Å². The van der Waals surface area contributed by atoms with Crippen LogP contribution in [0.4, 0.5) is 4.39 Å². The molecule has 0 aliphatic carbocycles. The van der Waals surface area contributed by atoms with E-state index in [9.17, 15) is 4.39 Å². The van der Waals surface area contributed by atoms with Crippen molar-refractivity contribution in [3.05, 3.63) is 59.7 Å². The summed E-state index contributed by atoms with van der Waals surface area (Å²) >= 11 is 1.52. The van der Waals surface area contributed by atoms with E-state index in [4.69, 9.17) is 5.26 Å². The fraction of sp³-hybridized carbons (Fsp3) is 0.0769. The van der Waals surface area contributed by atoms with E-state index < -0.39 is 5.82 Å². The van der Waals surface area contributed by atoms with Gasteiger partial charge in [-0.2, -0.15) is 5.26 Å². The normalized spacial score (nSPS) is 9.88. The predicted octanol–water partition coefficient (Wildman–Crippen LogP) is 3.38. The second kappa shape index (κ2) is 5.46. The summed E-state index contributed by atoms with van der Waals surface area (Å²) in [6.07, 6.45) is 3.40. The van der Waals surface area contributed by atoms with Crippen LogP contribution in [-0.2, 0) is 5.75 Å². The number of hydrogen-bond acceptors (Lipinski definition) is 3. The number of benzene rings is 1. The van der Waals surface area contributed by atoms with Crippen molar-refractivity contribution in [3.63, 3.8) is 0 Å². The molecule has 0 atom stereocenters. The minimum absolute atomic E-state index is 0.0952. The van der Waals surface area contributed by atoms with Crippen molar-refractivity contribution in [1.29, 1.82) is 5.26 Å². The molecule has 0 saturated heterocycles. The van der Waals surface area contributed by atoms with Gasteiger partial charge in [0.1, 0.15) is 11.9 Å². The minimum atomic E-state index is -0.420. The van der Waals surface area contributed by atoms with E-state index in [1.165, 1.54) is 17.8 Å². The molecular formula is C13H9FN2S. The maximum absolute atomic E-state index is 13.7. The Morgan fingerprint density at radius 3 is 2.71 bits per heavy atom. The highest BCUT2D eigenvalue weighted by atomic mass is 32.2. The van der Waals surface area contributed by atoms with E-state index in [1.54, 1.807) is 24.5 Å². The lowest BCUT2D eigenvalue weighted by molar-refractivity contribution is 0.613. The molecule has 1 aromatic heterocycles. The second-order valence-corrected chi connectivity index (χ2v) is 4.41. The highest BCUT2D eigenvalue weighted by Crippen LogP contribution is 2.24. The Bertz CT molecular complexity index is 549. The van der Waals surface area contributed by atoms with Gasteiger partial charge in [-0.15, -0.1) is 11.8 Å². The molecule has 17 heavy (non-hydrogen) atoms. The van der Waals surface area contributed by atoms with E-state index in [-0.39, 0.29) is 5.56 Å². The number of halogens is 1. The number of nitrogens with zero attached hydrogens (tertiary/aromatic N) is 2. The zero-order chi connectivity index (χ0) is 12.1. The van der Waals surface area contributed by atoms with Crippen LogP contribution in [0.25, 0.3) is 0 Å². The molecule has 0 radical (unpaired) electrons. The summed E-state index contributed by atoms with van der Waals surface area (Å²) in [5.41, 5.74) is 0.642. The van der Waals surface area contributed by atoms with Gasteiger partial charge in [-0.05, 0) is 23.8 Å². The van der Waals surface area contributed by atoms with Gasteiger partial charge in [-0.1, -0.05) is 12.1 Å². The van der Waals surface area contributed by atoms with E-state index in [0.29, 0.717) is 11.3 Å². The molecule has 2 rings (SSSR count). The van der Waals surface area contributed by atoms with Crippen LogP contribution < -0.4 is 0 Å². The predicted molar refractivity (Wildman–Crippen MR) is 64.9 cm³/mol. The summed E-state index contributed by atoms with van der Waals surface area (Å²) in [4.78, 5) is 4.94. The molecule has 0 unspecified atom stereocenters. The molecule has 0 aliphatic rings. The minimum Gasteiger partial charge on any atom is -0.265 e. The van der Waals surface area contributed by atoms with Crippen molar-refractivity contribution >= 4 is 11.8 Å². The molecule has 0 N–H and O–H groups in total. The molecule has 4 heteroatoms. The highest BCUT2D eigenvalue weighted by molar-refractivity contribution is 7.98. The van der Waals surface area contributed by atoms with Crippen LogP contribution in [0.1, 0.15) is 11.1 Å². The molecule has 0 amide bonds. The molecule has 0 bridgehead atoms. The van der Waals surface area contributed by atoms with Crippen LogP contribution >= 0.6 is 11.8 Å². The zero-order valence-corrected chi connectivity index (χ0v) is 9.75. The number of aromatic nitrogens is 1. The van der Waals surface area contributed by atoms with Crippen LogP contribution in [-0.4, -0.2) is 4.98 Å². The first-order valence-corrected chi connectivity index (χ1v) is 6.00. The van der Waals surface area contributed by atoms with E-state index >= 15 is 0 Å². The molecule has 2 aromatic rings. The van der Waals surface area contributed by atoms with Crippen molar-refractivity contribution in [1.82, 2.24) is 4.98 Å². The molecule has 0 fully saturated rings. The Balaban J connectivity index is 2.13. The maximum Gasteiger partial charge on any atom is 0.144 e. The zero-order valence-electron chi connectivity index (χ0n) is 8.93. The fourth-order valence-electron chi connectivity index (χ4n) is 1.37. The van der Waals surface area contributed by atoms with Gasteiger partial charge in [0, 0.05) is 23.0 Å². The van der Waals surface area contributed by atoms with Gasteiger partial charge in [-0.3, -0.25) is 4.98 Å². The largest absolute Gasteiger partial charge is 0.265 e. The average Bonchev–Trinajstić information content (AvgIpc) is 2.39. The number of nitriles is 1. The maximum atomic E-state index is 13.7. The monoisotopic (exact) mass is 244 g/mol. The van der Waals surface area contributed by atoms with Crippen molar-refractivity contribution in [2.75, 3.05) is 0 Å². The van der Waals surface area contributed by atoms with Gasteiger partial charge in [0.2, 0.25) is 0 Å². The molecular weight excluding hydrogens is 235 g/mol. The summed E-state index contributed by atoms with van der Waals surface area (Å²) in [6.45, 7) is 0. The van der Waals surface area contributed by atoms with E-state index in [2.05, 4.69) is 4.98 Å². The third-order valence-electron chi connectivity index (χ3n) is 2.24. The van der Waals surface area contributed by atoms with Crippen molar-refractivity contribution < 1.29 is 4.39 Å². The Morgan fingerprint density at radius 1 is 1.24 bits per heavy atom. The third kappa shape index (κ3) is 2.83. The van der Waals surface area contributed by atoms with Gasteiger partial charge < -0.3 is 0 Å². The SMILES string of the molecule is N#Cc1cccc(CSc2ccncc2)c1F. The smallest absolute Gasteiger partial charge is 0.144 e. The first-order chi connectivity index (χ1) is 8.31. The number of rotatable bonds is 3. The Kier molecular flexibility index (Phi) is 3.73. The number of hydrogen-bond donors (Lipinski definition) is 0. The average molecular weight is 244 g/mol. The molecule has 1 aromatic carbocycles. The van der Waals surface area contributed by atoms with Crippen molar-refractivity contribution in [2.24, 2.45) is 0 Å². The third-order valence-corrected chi connectivity index (χ3v) is 3.30. The van der Waals surface area contributed by atoms with Crippen molar-refractivity contribution in [2.45, 2.75) is 10.6 Å². The Morgan fingerprint density at radius 2 is 2.00 bits per heavy atom. The van der Waals surface area contributed by atoms with Crippen LogP contribution in [0.5, 0.6) is 0 Å². The quantitative estimate of drug-likeness (QED) is 0.776. The van der Waals surface area contributed by atoms with Crippen LogP contribution in [0.15, 0.2) is 47.6 Å². The standard InChI is InChI=1S/C13H9FN2S/c14-13-10(8-15)2-1-3-11(13)9-17-12-4-6-16-7-5-12/h1-7H,9H2. The molecule has 1 heterocycles. The summed E-state index contributed by atoms with van der Waals surface area (Å²) in [5, 5.41) is 8.72. The molecule has 0 saturated carbocycles. The topological polar surface area (TPSA) is 36.7 Å². The van der Waals surface area contributed by atoms with E-state index in [1.807, 2.05) is 18.2 Å². The summed E-state index contributed by atoms with van der Waals surface area (Å²) in [6, 6.07) is 10.5. The van der Waals surface area contributed by atoms with Gasteiger partial charge in [0.05, 0.1) is 5.56 Å². The van der Waals surface area contributed by atoms with Gasteiger partial charge in [0.15, 0.2) is 0 Å². The molecule has 0 spiro atoms. The van der Waals surface area contributed by atoms with Crippen LogP contribution in [0, 0.1) is 17.1 Å². The van der Waals surface area contributed by atoms with Crippen LogP contribution in [0.3, 0.4) is 0 Å². The Hall–Kier alpha value is -1.86. The lowest BCUT2D eigenvalue weighted by Crippen LogP contribution is -1.91. The van der Waals surface area contributed by atoms with Crippen LogP contribution in [0.2, 0.25) is 0 Å². The van der Waals surface area contributed by atoms with Gasteiger partial charge in [-0.25, -0.2) is 4.39 Å². The van der Waals surface area contributed by atoms with E-state index in [0.717, 1.165) is 4.90 Å². The first-order valence-electron chi connectivity index (χ1n) is 5.01. The number of thioether (sulfide) groups is 1. The van der Waals surface area contributed by atoms with Crippen molar-refractivity contribution in [3.8, 4) is 6.07 Å². The second-order valence-electron chi connectivity index (χ2n) is 3.36. The van der Waals surface area contributed by atoms with Gasteiger partial charge in [0.25, 0.3) is 0 Å². The first kappa shape index (κ1) is 11.6. The summed E-state index contributed by atoms with van der Waals surface area (Å²) < 4.78 is 13.7. The Labute approximate surface area is 103 Å². The lowest BCUT2D eigenvalue weighted by atomic mass is 10.1. The summed E-state index contributed by atoms with van der Waals surface area (Å²) in [7, 11) is 0. The molecule has 0 aliphatic heterocycles. The highest BCUT2D eigenvalue weighted by Gasteiger charge is 2.07. The fourth-order valence-corrected chi connectivity index (χ4v) is 2.23. The molecule has 2 nitrogen and oxygen atoms in total. The summed E-state index contributed by atoms with van der Waals surface area (Å²) in [5.74, 6) is 0.0855. The molecule has 84 valence electrons. The number of pyridine rings is 1. The lowest BCUT2D eigenvalue weighted by Gasteiger charge is -2.04.